The molecule has 8 aromatic carbocycles. The van der Waals surface area contributed by atoms with Gasteiger partial charge in [0.2, 0.25) is 0 Å². The van der Waals surface area contributed by atoms with Gasteiger partial charge in [0.1, 0.15) is 11.2 Å². The number of hydrogen-bond acceptors (Lipinski definition) is 2. The summed E-state index contributed by atoms with van der Waals surface area (Å²) in [6.45, 7) is 6.83. The first kappa shape index (κ1) is 43.6. The second-order valence-corrected chi connectivity index (χ2v) is 25.2. The standard InChI is InChI=1S/C70H65BN2O/c1-68(2,3)51-26-28-60(54(38-51)47-22-8-5-9-23-47)72-62-36-50(46-20-6-4-7-21-46)35-56-58-41-53(70-32-14-18-45(43-70)19-15-33-70)40-57-55-39-52(69-30-12-16-44(42-69)17-13-31-69)27-29-61(55)73(65(57)58)71(64(56)62)67-66(72)59-34-48-24-10-11-25-49(48)37-63(59)74-67/h4-11,20-29,34-41,44-45H,12-19,30-33,42-43H2,1-3H3. The molecule has 3 nitrogen and oxygen atoms in total. The third-order valence-corrected chi connectivity index (χ3v) is 20.1. The zero-order valence-electron chi connectivity index (χ0n) is 43.4. The van der Waals surface area contributed by atoms with E-state index in [9.17, 15) is 0 Å². The highest BCUT2D eigenvalue weighted by atomic mass is 16.3. The van der Waals surface area contributed by atoms with E-state index in [-0.39, 0.29) is 23.1 Å². The largest absolute Gasteiger partial charge is 0.466 e. The molecule has 74 heavy (non-hydrogen) atoms. The Balaban J connectivity index is 1.06. The Morgan fingerprint density at radius 2 is 1.15 bits per heavy atom. The monoisotopic (exact) mass is 961 g/mol. The minimum absolute atomic E-state index is 0.0402. The van der Waals surface area contributed by atoms with Gasteiger partial charge in [-0.15, -0.1) is 0 Å². The fourth-order valence-corrected chi connectivity index (χ4v) is 16.6. The Morgan fingerprint density at radius 1 is 0.514 bits per heavy atom. The normalized spacial score (nSPS) is 22.9. The maximum Gasteiger partial charge on any atom is 0.375 e. The summed E-state index contributed by atoms with van der Waals surface area (Å²) in [7, 11) is 0. The van der Waals surface area contributed by atoms with Gasteiger partial charge in [0, 0.05) is 44.0 Å². The van der Waals surface area contributed by atoms with Crippen LogP contribution in [-0.2, 0) is 16.2 Å². The lowest BCUT2D eigenvalue weighted by molar-refractivity contribution is 0.149. The lowest BCUT2D eigenvalue weighted by Crippen LogP contribution is -2.56. The van der Waals surface area contributed by atoms with Gasteiger partial charge in [-0.2, -0.15) is 0 Å². The molecule has 6 aliphatic rings. The van der Waals surface area contributed by atoms with E-state index in [2.05, 4.69) is 188 Å². The van der Waals surface area contributed by atoms with E-state index in [0.29, 0.717) is 0 Å². The van der Waals surface area contributed by atoms with Gasteiger partial charge in [-0.1, -0.05) is 169 Å². The Morgan fingerprint density at radius 3 is 1.84 bits per heavy atom. The summed E-state index contributed by atoms with van der Waals surface area (Å²) >= 11 is 0. The van der Waals surface area contributed by atoms with Crippen molar-refractivity contribution < 1.29 is 4.42 Å². The lowest BCUT2D eigenvalue weighted by Gasteiger charge is -2.46. The van der Waals surface area contributed by atoms with Gasteiger partial charge >= 0.3 is 6.85 Å². The third-order valence-electron chi connectivity index (χ3n) is 20.1. The highest BCUT2D eigenvalue weighted by Crippen LogP contribution is 2.57. The molecule has 4 heteroatoms. The highest BCUT2D eigenvalue weighted by molar-refractivity contribution is 6.89. The Kier molecular flexibility index (Phi) is 9.35. The summed E-state index contributed by atoms with van der Waals surface area (Å²) in [5.41, 5.74) is 22.2. The number of benzene rings is 8. The smallest absolute Gasteiger partial charge is 0.375 e. The molecule has 0 atom stereocenters. The minimum atomic E-state index is -0.191. The average Bonchev–Trinajstić information content (AvgIpc) is 4.11. The Hall–Kier alpha value is -6.78. The SMILES string of the molecule is CC(C)(C)c1ccc(N2c3cc(-c4ccccc4)cc4c3B(c3oc5cc6ccccc6cc5c32)n2c3ccc(C56CCCC(CCC5)C6)cc3c3cc(C56CCCC(CCC5)C6)cc-4c32)c(-c2ccccc2)c1. The molecule has 0 spiro atoms. The molecule has 0 radical (unpaired) electrons. The van der Waals surface area contributed by atoms with Crippen LogP contribution >= 0.6 is 0 Å². The molecule has 4 saturated carbocycles. The third kappa shape index (κ3) is 6.33. The Bertz CT molecular complexity index is 3920. The van der Waals surface area contributed by atoms with Crippen LogP contribution in [0.3, 0.4) is 0 Å². The molecule has 0 unspecified atom stereocenters. The van der Waals surface area contributed by atoms with E-state index in [1.165, 1.54) is 178 Å². The number of fused-ring (bicyclic) bond motifs is 14. The van der Waals surface area contributed by atoms with Crippen molar-refractivity contribution in [3.8, 4) is 33.4 Å². The molecule has 0 N–H and O–H groups in total. The summed E-state index contributed by atoms with van der Waals surface area (Å²) in [6, 6.07) is 61.7. The van der Waals surface area contributed by atoms with E-state index < -0.39 is 0 Å². The van der Waals surface area contributed by atoms with Crippen molar-refractivity contribution in [3.63, 3.8) is 0 Å². The van der Waals surface area contributed by atoms with Gasteiger partial charge in [-0.25, -0.2) is 0 Å². The molecule has 4 heterocycles. The molecule has 0 amide bonds. The predicted octanol–water partition coefficient (Wildman–Crippen LogP) is 18.0. The van der Waals surface area contributed by atoms with Gasteiger partial charge in [0.25, 0.3) is 0 Å². The van der Waals surface area contributed by atoms with E-state index in [0.717, 1.165) is 34.2 Å². The van der Waals surface area contributed by atoms with Crippen molar-refractivity contribution in [3.05, 3.63) is 174 Å². The fourth-order valence-electron chi connectivity index (χ4n) is 16.6. The van der Waals surface area contributed by atoms with Crippen LogP contribution in [0.1, 0.15) is 127 Å². The summed E-state index contributed by atoms with van der Waals surface area (Å²) in [5.74, 6) is 1.70. The van der Waals surface area contributed by atoms with Gasteiger partial charge in [0.05, 0.1) is 11.4 Å². The van der Waals surface area contributed by atoms with Gasteiger partial charge < -0.3 is 13.8 Å². The van der Waals surface area contributed by atoms with Gasteiger partial charge in [-0.3, -0.25) is 0 Å². The molecular weight excluding hydrogens is 896 g/mol. The first-order chi connectivity index (χ1) is 36.2. The first-order valence-corrected chi connectivity index (χ1v) is 28.5. The van der Waals surface area contributed by atoms with Crippen LogP contribution in [-0.4, -0.2) is 11.3 Å². The van der Waals surface area contributed by atoms with E-state index >= 15 is 0 Å². The van der Waals surface area contributed by atoms with Gasteiger partial charge in [0.15, 0.2) is 0 Å². The highest BCUT2D eigenvalue weighted by Gasteiger charge is 2.49. The second kappa shape index (κ2) is 15.9. The molecular formula is C70H65BN2O. The number of hydrogen-bond donors (Lipinski definition) is 0. The molecule has 4 aliphatic carbocycles. The molecule has 16 rings (SSSR count). The molecule has 0 saturated heterocycles. The number of nitrogens with zero attached hydrogens (tertiary/aromatic N) is 2. The van der Waals surface area contributed by atoms with E-state index in [1.54, 1.807) is 11.1 Å². The topological polar surface area (TPSA) is 21.3 Å². The summed E-state index contributed by atoms with van der Waals surface area (Å²) in [6.07, 6.45) is 18.9. The van der Waals surface area contributed by atoms with Crippen LogP contribution in [0.2, 0.25) is 0 Å². The van der Waals surface area contributed by atoms with E-state index in [4.69, 9.17) is 4.42 Å². The molecule has 10 aromatic rings. The summed E-state index contributed by atoms with van der Waals surface area (Å²) in [4.78, 5) is 2.65. The minimum Gasteiger partial charge on any atom is -0.466 e. The molecule has 4 fully saturated rings. The van der Waals surface area contributed by atoms with E-state index in [1.807, 2.05) is 0 Å². The Labute approximate surface area is 436 Å². The maximum absolute atomic E-state index is 7.68. The van der Waals surface area contributed by atoms with Crippen molar-refractivity contribution in [1.82, 2.24) is 4.48 Å². The van der Waals surface area contributed by atoms with Crippen LogP contribution in [0, 0.1) is 11.8 Å². The second-order valence-electron chi connectivity index (χ2n) is 25.2. The van der Waals surface area contributed by atoms with Crippen molar-refractivity contribution >= 4 is 78.6 Å². The molecule has 2 aromatic heterocycles. The fraction of sp³-hybridized carbons (Fsp3) is 0.314. The zero-order chi connectivity index (χ0) is 49.1. The average molecular weight is 961 g/mol. The summed E-state index contributed by atoms with van der Waals surface area (Å²) < 4.78 is 10.5. The quantitative estimate of drug-likeness (QED) is 0.160. The lowest BCUT2D eigenvalue weighted by atomic mass is 9.47. The zero-order valence-corrected chi connectivity index (χ0v) is 43.4. The first-order valence-electron chi connectivity index (χ1n) is 28.5. The molecule has 2 aliphatic heterocycles. The van der Waals surface area contributed by atoms with Crippen molar-refractivity contribution in [2.45, 2.75) is 127 Å². The predicted molar refractivity (Wildman–Crippen MR) is 312 cm³/mol. The van der Waals surface area contributed by atoms with Crippen molar-refractivity contribution in [1.29, 1.82) is 0 Å². The van der Waals surface area contributed by atoms with Gasteiger partial charge in [-0.05, 0) is 182 Å². The van der Waals surface area contributed by atoms with Crippen LogP contribution in [0.15, 0.2) is 162 Å². The number of anilines is 3. The number of furan rings is 1. The van der Waals surface area contributed by atoms with Crippen LogP contribution in [0.4, 0.5) is 17.1 Å². The summed E-state index contributed by atoms with van der Waals surface area (Å²) in [5, 5.41) is 6.46. The maximum atomic E-state index is 7.68. The van der Waals surface area contributed by atoms with Crippen LogP contribution < -0.4 is 16.0 Å². The van der Waals surface area contributed by atoms with Crippen LogP contribution in [0.5, 0.6) is 0 Å². The van der Waals surface area contributed by atoms with Crippen molar-refractivity contribution in [2.75, 3.05) is 4.90 Å². The van der Waals surface area contributed by atoms with Crippen LogP contribution in [0.25, 0.3) is 76.9 Å². The molecule has 364 valence electrons. The number of aromatic nitrogens is 1. The number of rotatable bonds is 5. The molecule has 4 bridgehead atoms. The van der Waals surface area contributed by atoms with Crippen molar-refractivity contribution in [2.24, 2.45) is 11.8 Å².